The van der Waals surface area contributed by atoms with Crippen molar-refractivity contribution >= 4 is 35.1 Å². The molecule has 0 aromatic heterocycles. The second-order valence-corrected chi connectivity index (χ2v) is 8.40. The number of thiocarbonyl (C=S) groups is 1. The van der Waals surface area contributed by atoms with Crippen LogP contribution in [0.5, 0.6) is 5.75 Å². The minimum atomic E-state index is -0.459. The fourth-order valence-electron chi connectivity index (χ4n) is 2.77. The summed E-state index contributed by atoms with van der Waals surface area (Å²) in [5, 5.41) is 2.33. The first-order valence-corrected chi connectivity index (χ1v) is 11.6. The molecule has 0 spiro atoms. The number of hydrogen-bond donors (Lipinski definition) is 3. The van der Waals surface area contributed by atoms with Crippen molar-refractivity contribution in [2.24, 2.45) is 5.92 Å². The van der Waals surface area contributed by atoms with E-state index in [1.54, 1.807) is 24.3 Å². The molecule has 8 nitrogen and oxygen atoms in total. The summed E-state index contributed by atoms with van der Waals surface area (Å²) in [6, 6.07) is 16.6. The van der Waals surface area contributed by atoms with Gasteiger partial charge in [0.25, 0.3) is 5.91 Å². The molecule has 0 bridgehead atoms. The van der Waals surface area contributed by atoms with Crippen molar-refractivity contribution in [2.45, 2.75) is 39.5 Å². The Balaban J connectivity index is 1.58. The van der Waals surface area contributed by atoms with Gasteiger partial charge < -0.3 is 14.8 Å². The summed E-state index contributed by atoms with van der Waals surface area (Å²) >= 11 is 5.00. The highest BCUT2D eigenvalue weighted by atomic mass is 32.1. The molecular weight excluding hydrogens is 454 g/mol. The number of hydrazine groups is 1. The van der Waals surface area contributed by atoms with E-state index < -0.39 is 17.8 Å². The SMILES string of the molecule is CC(C)COc1ccc(C(=O)NNC(=S)NC(=O)CCC(=O)OCCCc2ccccc2)cc1. The van der Waals surface area contributed by atoms with Crippen LogP contribution in [0.1, 0.15) is 49.0 Å². The average Bonchev–Trinajstić information content (AvgIpc) is 2.83. The first kappa shape index (κ1) is 26.8. The molecule has 0 aliphatic rings. The second kappa shape index (κ2) is 14.6. The van der Waals surface area contributed by atoms with Gasteiger partial charge in [-0.05, 0) is 60.8 Å². The number of hydrogen-bond acceptors (Lipinski definition) is 6. The maximum Gasteiger partial charge on any atom is 0.306 e. The van der Waals surface area contributed by atoms with E-state index in [1.165, 1.54) is 5.56 Å². The van der Waals surface area contributed by atoms with E-state index in [4.69, 9.17) is 21.7 Å². The summed E-state index contributed by atoms with van der Waals surface area (Å²) in [6.07, 6.45) is 1.39. The van der Waals surface area contributed by atoms with Crippen molar-refractivity contribution < 1.29 is 23.9 Å². The van der Waals surface area contributed by atoms with Crippen LogP contribution in [0.4, 0.5) is 0 Å². The molecule has 0 radical (unpaired) electrons. The Bertz CT molecular complexity index is 949. The summed E-state index contributed by atoms with van der Waals surface area (Å²) in [6.45, 7) is 4.99. The van der Waals surface area contributed by atoms with Gasteiger partial charge in [0.05, 0.1) is 19.6 Å². The molecule has 2 rings (SSSR count). The molecule has 0 saturated carbocycles. The van der Waals surface area contributed by atoms with E-state index in [1.807, 2.05) is 30.3 Å². The first-order valence-electron chi connectivity index (χ1n) is 11.2. The Labute approximate surface area is 205 Å². The fraction of sp³-hybridized carbons (Fsp3) is 0.360. The third kappa shape index (κ3) is 10.9. The van der Waals surface area contributed by atoms with Crippen LogP contribution < -0.4 is 20.9 Å². The van der Waals surface area contributed by atoms with Crippen molar-refractivity contribution in [3.8, 4) is 5.75 Å². The van der Waals surface area contributed by atoms with E-state index in [0.717, 1.165) is 6.42 Å². The highest BCUT2D eigenvalue weighted by molar-refractivity contribution is 7.80. The lowest BCUT2D eigenvalue weighted by atomic mass is 10.1. The highest BCUT2D eigenvalue weighted by Gasteiger charge is 2.11. The summed E-state index contributed by atoms with van der Waals surface area (Å²) in [5.74, 6) is -0.253. The zero-order valence-electron chi connectivity index (χ0n) is 19.5. The fourth-order valence-corrected chi connectivity index (χ4v) is 2.93. The van der Waals surface area contributed by atoms with Crippen molar-refractivity contribution in [3.63, 3.8) is 0 Å². The molecule has 0 atom stereocenters. The number of ether oxygens (including phenoxy) is 2. The van der Waals surface area contributed by atoms with Crippen molar-refractivity contribution in [2.75, 3.05) is 13.2 Å². The Morgan fingerprint density at radius 2 is 1.65 bits per heavy atom. The minimum Gasteiger partial charge on any atom is -0.493 e. The predicted molar refractivity (Wildman–Crippen MR) is 133 cm³/mol. The molecule has 0 aliphatic carbocycles. The Morgan fingerprint density at radius 1 is 0.941 bits per heavy atom. The van der Waals surface area contributed by atoms with E-state index >= 15 is 0 Å². The average molecular weight is 486 g/mol. The monoisotopic (exact) mass is 485 g/mol. The van der Waals surface area contributed by atoms with Crippen LogP contribution in [0.15, 0.2) is 54.6 Å². The molecule has 9 heteroatoms. The van der Waals surface area contributed by atoms with E-state index in [-0.39, 0.29) is 18.0 Å². The van der Waals surface area contributed by atoms with Crippen LogP contribution >= 0.6 is 12.2 Å². The highest BCUT2D eigenvalue weighted by Crippen LogP contribution is 2.13. The summed E-state index contributed by atoms with van der Waals surface area (Å²) in [4.78, 5) is 36.0. The van der Waals surface area contributed by atoms with Crippen molar-refractivity contribution in [1.82, 2.24) is 16.2 Å². The number of carbonyl (C=O) groups excluding carboxylic acids is 3. The third-order valence-corrected chi connectivity index (χ3v) is 4.72. The zero-order chi connectivity index (χ0) is 24.8. The maximum atomic E-state index is 12.2. The van der Waals surface area contributed by atoms with Gasteiger partial charge in [-0.2, -0.15) is 0 Å². The molecule has 34 heavy (non-hydrogen) atoms. The molecule has 2 amide bonds. The number of esters is 1. The van der Waals surface area contributed by atoms with Crippen LogP contribution in [0.2, 0.25) is 0 Å². The van der Waals surface area contributed by atoms with E-state index in [9.17, 15) is 14.4 Å². The van der Waals surface area contributed by atoms with Crippen LogP contribution in [0.3, 0.4) is 0 Å². The normalized spacial score (nSPS) is 10.3. The number of carbonyl (C=O) groups is 3. The van der Waals surface area contributed by atoms with E-state index in [2.05, 4.69) is 30.0 Å². The number of amides is 2. The second-order valence-electron chi connectivity index (χ2n) is 8.00. The van der Waals surface area contributed by atoms with Crippen LogP contribution in [0, 0.1) is 5.92 Å². The first-order chi connectivity index (χ1) is 16.3. The minimum absolute atomic E-state index is 0.0582. The largest absolute Gasteiger partial charge is 0.493 e. The van der Waals surface area contributed by atoms with Crippen molar-refractivity contribution in [1.29, 1.82) is 0 Å². The summed E-state index contributed by atoms with van der Waals surface area (Å²) in [5.41, 5.74) is 6.45. The molecular formula is C25H31N3O5S. The molecule has 0 heterocycles. The lowest BCUT2D eigenvalue weighted by Gasteiger charge is -2.12. The quantitative estimate of drug-likeness (QED) is 0.194. The number of rotatable bonds is 11. The molecule has 0 fully saturated rings. The third-order valence-electron chi connectivity index (χ3n) is 4.51. The maximum absolute atomic E-state index is 12.2. The Kier molecular flexibility index (Phi) is 11.5. The molecule has 2 aromatic carbocycles. The van der Waals surface area contributed by atoms with Crippen LogP contribution in [-0.4, -0.2) is 36.1 Å². The lowest BCUT2D eigenvalue weighted by molar-refractivity contribution is -0.145. The lowest BCUT2D eigenvalue weighted by Crippen LogP contribution is -2.48. The van der Waals surface area contributed by atoms with Crippen LogP contribution in [-0.2, 0) is 20.7 Å². The van der Waals surface area contributed by atoms with Gasteiger partial charge in [-0.15, -0.1) is 0 Å². The van der Waals surface area contributed by atoms with Gasteiger partial charge >= 0.3 is 5.97 Å². The molecule has 0 aliphatic heterocycles. The van der Waals surface area contributed by atoms with Gasteiger partial charge in [0, 0.05) is 12.0 Å². The summed E-state index contributed by atoms with van der Waals surface area (Å²) < 4.78 is 10.7. The number of aryl methyl sites for hydroxylation is 1. The Morgan fingerprint density at radius 3 is 2.32 bits per heavy atom. The van der Waals surface area contributed by atoms with Gasteiger partial charge in [0.1, 0.15) is 5.75 Å². The Hall–Kier alpha value is -3.46. The van der Waals surface area contributed by atoms with Gasteiger partial charge in [-0.3, -0.25) is 25.2 Å². The molecule has 182 valence electrons. The molecule has 3 N–H and O–H groups in total. The number of benzene rings is 2. The molecule has 2 aromatic rings. The van der Waals surface area contributed by atoms with E-state index in [0.29, 0.717) is 36.9 Å². The van der Waals surface area contributed by atoms with Gasteiger partial charge in [-0.1, -0.05) is 44.2 Å². The topological polar surface area (TPSA) is 106 Å². The molecule has 0 unspecified atom stereocenters. The number of nitrogens with one attached hydrogen (secondary N) is 3. The smallest absolute Gasteiger partial charge is 0.306 e. The van der Waals surface area contributed by atoms with Crippen LogP contribution in [0.25, 0.3) is 0 Å². The standard InChI is InChI=1S/C25H31N3O5S/c1-18(2)17-33-21-12-10-20(11-13-21)24(31)27-28-25(34)26-22(29)14-15-23(30)32-16-6-9-19-7-4-3-5-8-19/h3-5,7-8,10-13,18H,6,9,14-17H2,1-2H3,(H,27,31)(H2,26,28,29,34). The zero-order valence-corrected chi connectivity index (χ0v) is 20.3. The molecule has 0 saturated heterocycles. The summed E-state index contributed by atoms with van der Waals surface area (Å²) in [7, 11) is 0. The van der Waals surface area contributed by atoms with Gasteiger partial charge in [-0.25, -0.2) is 0 Å². The van der Waals surface area contributed by atoms with Gasteiger partial charge in [0.2, 0.25) is 5.91 Å². The van der Waals surface area contributed by atoms with Gasteiger partial charge in [0.15, 0.2) is 5.11 Å². The predicted octanol–water partition coefficient (Wildman–Crippen LogP) is 3.31. The van der Waals surface area contributed by atoms with Crippen molar-refractivity contribution in [3.05, 3.63) is 65.7 Å².